The Kier molecular flexibility index (Phi) is 7.91. The summed E-state index contributed by atoms with van der Waals surface area (Å²) < 4.78 is 5.35. The van der Waals surface area contributed by atoms with Crippen LogP contribution in [0.1, 0.15) is 47.1 Å². The zero-order chi connectivity index (χ0) is 24.9. The summed E-state index contributed by atoms with van der Waals surface area (Å²) in [6.07, 6.45) is 0. The Morgan fingerprint density at radius 3 is 2.21 bits per heavy atom. The van der Waals surface area contributed by atoms with Crippen LogP contribution >= 0.6 is 23.8 Å². The molecule has 176 valence electrons. The third kappa shape index (κ3) is 6.34. The molecule has 2 amide bonds. The second-order valence-electron chi connectivity index (χ2n) is 8.58. The highest BCUT2D eigenvalue weighted by atomic mass is 35.5. The van der Waals surface area contributed by atoms with Gasteiger partial charge >= 0.3 is 0 Å². The fourth-order valence-corrected chi connectivity index (χ4v) is 3.61. The van der Waals surface area contributed by atoms with E-state index in [4.69, 9.17) is 28.6 Å². The Bertz CT molecular complexity index is 1220. The fourth-order valence-electron chi connectivity index (χ4n) is 3.18. The smallest absolute Gasteiger partial charge is 0.257 e. The largest absolute Gasteiger partial charge is 0.495 e. The highest BCUT2D eigenvalue weighted by Gasteiger charge is 2.16. The minimum absolute atomic E-state index is 0.000795. The summed E-state index contributed by atoms with van der Waals surface area (Å²) in [5.74, 6) is -0.241. The normalized spacial score (nSPS) is 10.9. The Morgan fingerprint density at radius 2 is 1.59 bits per heavy atom. The predicted octanol–water partition coefficient (Wildman–Crippen LogP) is 6.03. The topological polar surface area (TPSA) is 79.5 Å². The standard InChI is InChI=1S/C26H26ClN3O3S/c1-26(2,3)17-11-9-16(10-12-17)23(31)30-25(34)28-18-13-14-22(33-4)21(15-18)29-24(32)19-7-5-6-8-20(19)27/h5-15H,1-4H3,(H,29,32)(H2,28,30,31,34). The maximum atomic E-state index is 12.7. The van der Waals surface area contributed by atoms with Crippen LogP contribution in [0.3, 0.4) is 0 Å². The second-order valence-corrected chi connectivity index (χ2v) is 9.40. The van der Waals surface area contributed by atoms with Crippen molar-refractivity contribution in [2.45, 2.75) is 26.2 Å². The van der Waals surface area contributed by atoms with E-state index >= 15 is 0 Å². The molecule has 0 spiro atoms. The molecule has 34 heavy (non-hydrogen) atoms. The number of ether oxygens (including phenoxy) is 1. The Balaban J connectivity index is 1.69. The van der Waals surface area contributed by atoms with Crippen LogP contribution in [0.5, 0.6) is 5.75 Å². The Labute approximate surface area is 209 Å². The molecule has 8 heteroatoms. The number of thiocarbonyl (C=S) groups is 1. The van der Waals surface area contributed by atoms with Crippen LogP contribution in [0, 0.1) is 0 Å². The van der Waals surface area contributed by atoms with E-state index in [1.807, 2.05) is 12.1 Å². The first kappa shape index (κ1) is 25.2. The van der Waals surface area contributed by atoms with E-state index < -0.39 is 0 Å². The molecule has 0 heterocycles. The number of rotatable bonds is 5. The van der Waals surface area contributed by atoms with Crippen LogP contribution in [-0.4, -0.2) is 24.0 Å². The average molecular weight is 496 g/mol. The molecule has 0 aliphatic carbocycles. The van der Waals surface area contributed by atoms with E-state index in [0.29, 0.717) is 33.3 Å². The number of methoxy groups -OCH3 is 1. The van der Waals surface area contributed by atoms with Gasteiger partial charge in [-0.3, -0.25) is 14.9 Å². The van der Waals surface area contributed by atoms with Crippen molar-refractivity contribution in [3.63, 3.8) is 0 Å². The summed E-state index contributed by atoms with van der Waals surface area (Å²) in [4.78, 5) is 25.3. The number of carbonyl (C=O) groups is 2. The van der Waals surface area contributed by atoms with Gasteiger partial charge in [0, 0.05) is 11.3 Å². The number of benzene rings is 3. The van der Waals surface area contributed by atoms with Gasteiger partial charge in [-0.15, -0.1) is 0 Å². The first-order chi connectivity index (χ1) is 16.1. The van der Waals surface area contributed by atoms with Crippen molar-refractivity contribution in [1.29, 1.82) is 0 Å². The van der Waals surface area contributed by atoms with E-state index in [2.05, 4.69) is 36.7 Å². The average Bonchev–Trinajstić information content (AvgIpc) is 2.79. The molecule has 0 bridgehead atoms. The number of nitrogens with one attached hydrogen (secondary N) is 3. The highest BCUT2D eigenvalue weighted by molar-refractivity contribution is 7.80. The van der Waals surface area contributed by atoms with Crippen molar-refractivity contribution in [2.24, 2.45) is 0 Å². The first-order valence-electron chi connectivity index (χ1n) is 10.6. The van der Waals surface area contributed by atoms with Crippen LogP contribution in [-0.2, 0) is 5.41 Å². The van der Waals surface area contributed by atoms with Gasteiger partial charge in [0.05, 0.1) is 23.4 Å². The maximum absolute atomic E-state index is 12.7. The summed E-state index contributed by atoms with van der Waals surface area (Å²) in [5, 5.41) is 8.89. The van der Waals surface area contributed by atoms with Crippen LogP contribution < -0.4 is 20.7 Å². The molecule has 0 atom stereocenters. The summed E-state index contributed by atoms with van der Waals surface area (Å²) in [6.45, 7) is 6.34. The third-order valence-electron chi connectivity index (χ3n) is 5.06. The molecule has 3 aromatic carbocycles. The molecule has 0 saturated carbocycles. The molecular weight excluding hydrogens is 470 g/mol. The number of halogens is 1. The van der Waals surface area contributed by atoms with Gasteiger partial charge in [-0.25, -0.2) is 0 Å². The maximum Gasteiger partial charge on any atom is 0.257 e. The van der Waals surface area contributed by atoms with E-state index in [1.165, 1.54) is 7.11 Å². The summed E-state index contributed by atoms with van der Waals surface area (Å²) in [7, 11) is 1.50. The molecule has 3 N–H and O–H groups in total. The minimum atomic E-state index is -0.379. The number of anilines is 2. The van der Waals surface area contributed by atoms with Crippen LogP contribution in [0.25, 0.3) is 0 Å². The number of hydrogen-bond donors (Lipinski definition) is 3. The minimum Gasteiger partial charge on any atom is -0.495 e. The van der Waals surface area contributed by atoms with Crippen molar-refractivity contribution >= 4 is 52.1 Å². The quantitative estimate of drug-likeness (QED) is 0.377. The van der Waals surface area contributed by atoms with Gasteiger partial charge in [-0.1, -0.05) is 56.6 Å². The first-order valence-corrected chi connectivity index (χ1v) is 11.3. The summed E-state index contributed by atoms with van der Waals surface area (Å²) in [5.41, 5.74) is 2.95. The van der Waals surface area contributed by atoms with Crippen molar-refractivity contribution in [3.05, 3.63) is 88.4 Å². The molecule has 0 aliphatic rings. The van der Waals surface area contributed by atoms with Gasteiger partial charge < -0.3 is 15.4 Å². The SMILES string of the molecule is COc1ccc(NC(=S)NC(=O)c2ccc(C(C)(C)C)cc2)cc1NC(=O)c1ccccc1Cl. The third-order valence-corrected chi connectivity index (χ3v) is 5.60. The molecule has 0 unspecified atom stereocenters. The Morgan fingerprint density at radius 1 is 0.912 bits per heavy atom. The van der Waals surface area contributed by atoms with Gasteiger partial charge in [-0.2, -0.15) is 0 Å². The number of carbonyl (C=O) groups excluding carboxylic acids is 2. The van der Waals surface area contributed by atoms with E-state index in [9.17, 15) is 9.59 Å². The van der Waals surface area contributed by atoms with Crippen LogP contribution in [0.15, 0.2) is 66.7 Å². The van der Waals surface area contributed by atoms with Gasteiger partial charge in [0.2, 0.25) is 0 Å². The van der Waals surface area contributed by atoms with Gasteiger partial charge in [-0.05, 0) is 65.7 Å². The molecule has 0 aliphatic heterocycles. The van der Waals surface area contributed by atoms with Crippen molar-refractivity contribution in [1.82, 2.24) is 5.32 Å². The molecule has 0 radical (unpaired) electrons. The molecule has 0 saturated heterocycles. The summed E-state index contributed by atoms with van der Waals surface area (Å²) in [6, 6.07) is 19.2. The monoisotopic (exact) mass is 495 g/mol. The molecule has 0 fully saturated rings. The lowest BCUT2D eigenvalue weighted by Gasteiger charge is -2.19. The predicted molar refractivity (Wildman–Crippen MR) is 141 cm³/mol. The molecular formula is C26H26ClN3O3S. The summed E-state index contributed by atoms with van der Waals surface area (Å²) >= 11 is 11.4. The molecule has 3 aromatic rings. The second kappa shape index (κ2) is 10.7. The van der Waals surface area contributed by atoms with E-state index in [0.717, 1.165) is 5.56 Å². The lowest BCUT2D eigenvalue weighted by molar-refractivity contribution is 0.0976. The van der Waals surface area contributed by atoms with Gasteiger partial charge in [0.15, 0.2) is 5.11 Å². The van der Waals surface area contributed by atoms with Crippen LogP contribution in [0.2, 0.25) is 5.02 Å². The lowest BCUT2D eigenvalue weighted by Crippen LogP contribution is -2.34. The zero-order valence-corrected chi connectivity index (χ0v) is 20.9. The number of hydrogen-bond acceptors (Lipinski definition) is 4. The zero-order valence-electron chi connectivity index (χ0n) is 19.4. The van der Waals surface area contributed by atoms with Crippen molar-refractivity contribution in [3.8, 4) is 5.75 Å². The number of amides is 2. The molecule has 0 aromatic heterocycles. The Hall–Kier alpha value is -3.42. The van der Waals surface area contributed by atoms with Gasteiger partial charge in [0.1, 0.15) is 5.75 Å². The van der Waals surface area contributed by atoms with Gasteiger partial charge in [0.25, 0.3) is 11.8 Å². The van der Waals surface area contributed by atoms with Crippen LogP contribution in [0.4, 0.5) is 11.4 Å². The molecule has 6 nitrogen and oxygen atoms in total. The van der Waals surface area contributed by atoms with E-state index in [1.54, 1.807) is 54.6 Å². The van der Waals surface area contributed by atoms with Crippen molar-refractivity contribution < 1.29 is 14.3 Å². The van der Waals surface area contributed by atoms with Crippen molar-refractivity contribution in [2.75, 3.05) is 17.7 Å². The lowest BCUT2D eigenvalue weighted by atomic mass is 9.87. The van der Waals surface area contributed by atoms with E-state index in [-0.39, 0.29) is 22.3 Å². The fraction of sp³-hybridized carbons (Fsp3) is 0.192. The highest BCUT2D eigenvalue weighted by Crippen LogP contribution is 2.29. The molecule has 3 rings (SSSR count).